The van der Waals surface area contributed by atoms with Crippen LogP contribution < -0.4 is 4.90 Å². The molecule has 0 N–H and O–H groups in total. The van der Waals surface area contributed by atoms with Gasteiger partial charge < -0.3 is 0 Å². The van der Waals surface area contributed by atoms with E-state index in [9.17, 15) is 22.0 Å². The van der Waals surface area contributed by atoms with E-state index in [1.165, 1.54) is 34.4 Å². The van der Waals surface area contributed by atoms with Crippen LogP contribution in [0.3, 0.4) is 0 Å². The number of para-hydroxylation sites is 1. The van der Waals surface area contributed by atoms with Crippen molar-refractivity contribution in [2.24, 2.45) is 0 Å². The number of carbonyl (C=O) groups is 1. The van der Waals surface area contributed by atoms with E-state index in [0.29, 0.717) is 9.83 Å². The van der Waals surface area contributed by atoms with Gasteiger partial charge in [0.25, 0.3) is 0 Å². The van der Waals surface area contributed by atoms with Crippen LogP contribution in [0.5, 0.6) is 0 Å². The summed E-state index contributed by atoms with van der Waals surface area (Å²) in [6.45, 7) is 0.228. The van der Waals surface area contributed by atoms with Crippen LogP contribution in [0.1, 0.15) is 18.4 Å². The summed E-state index contributed by atoms with van der Waals surface area (Å²) in [4.78, 5) is 18.9. The molecular weight excluding hydrogens is 466 g/mol. The summed E-state index contributed by atoms with van der Waals surface area (Å²) in [5, 5.41) is 0.352. The van der Waals surface area contributed by atoms with Gasteiger partial charge in [-0.15, -0.1) is 0 Å². The Labute approximate surface area is 194 Å². The molecule has 1 heterocycles. The van der Waals surface area contributed by atoms with Crippen molar-refractivity contribution in [3.05, 3.63) is 90.0 Å². The molecule has 0 fully saturated rings. The van der Waals surface area contributed by atoms with Crippen LogP contribution in [0, 0.1) is 11.6 Å². The predicted octanol–water partition coefficient (Wildman–Crippen LogP) is 5.36. The molecule has 0 bridgehead atoms. The molecule has 170 valence electrons. The van der Waals surface area contributed by atoms with Crippen LogP contribution in [-0.4, -0.2) is 25.1 Å². The van der Waals surface area contributed by atoms with Crippen molar-refractivity contribution < 1.29 is 22.0 Å². The highest BCUT2D eigenvalue weighted by atomic mass is 32.2. The van der Waals surface area contributed by atoms with Crippen molar-refractivity contribution >= 4 is 42.4 Å². The van der Waals surface area contributed by atoms with Crippen LogP contribution in [0.2, 0.25) is 0 Å². The lowest BCUT2D eigenvalue weighted by atomic mass is 10.2. The SMILES string of the molecule is O=C(CCCS(=O)(=O)c1ccc(F)cc1)N(Cc1ccccc1)c1nc2c(F)cccc2s1. The molecule has 4 aromatic rings. The molecule has 1 aromatic heterocycles. The highest BCUT2D eigenvalue weighted by Gasteiger charge is 2.22. The molecule has 0 saturated heterocycles. The molecule has 0 spiro atoms. The predicted molar refractivity (Wildman–Crippen MR) is 125 cm³/mol. The quantitative estimate of drug-likeness (QED) is 0.315. The van der Waals surface area contributed by atoms with Crippen molar-refractivity contribution in [3.63, 3.8) is 0 Å². The number of amides is 1. The Morgan fingerprint density at radius 3 is 2.36 bits per heavy atom. The van der Waals surface area contributed by atoms with E-state index in [4.69, 9.17) is 0 Å². The minimum Gasteiger partial charge on any atom is -0.284 e. The summed E-state index contributed by atoms with van der Waals surface area (Å²) in [5.74, 6) is -1.55. The molecule has 33 heavy (non-hydrogen) atoms. The van der Waals surface area contributed by atoms with Gasteiger partial charge in [0, 0.05) is 6.42 Å². The van der Waals surface area contributed by atoms with Crippen LogP contribution >= 0.6 is 11.3 Å². The standard InChI is InChI=1S/C24H20F2N2O3S2/c25-18-11-13-19(14-12-18)33(30,31)15-5-10-22(29)28(16-17-6-2-1-3-7-17)24-27-23-20(26)8-4-9-21(23)32-24/h1-4,6-9,11-14H,5,10,15-16H2. The zero-order chi connectivity index (χ0) is 23.4. The van der Waals surface area contributed by atoms with E-state index in [0.717, 1.165) is 17.7 Å². The third-order valence-electron chi connectivity index (χ3n) is 5.05. The Balaban J connectivity index is 1.53. The van der Waals surface area contributed by atoms with Crippen molar-refractivity contribution in [2.45, 2.75) is 24.3 Å². The van der Waals surface area contributed by atoms with Gasteiger partial charge in [0.15, 0.2) is 15.0 Å². The van der Waals surface area contributed by atoms with Crippen molar-refractivity contribution in [1.29, 1.82) is 0 Å². The van der Waals surface area contributed by atoms with Crippen LogP contribution in [0.25, 0.3) is 10.2 Å². The Bertz CT molecular complexity index is 1370. The average Bonchev–Trinajstić information content (AvgIpc) is 3.23. The fourth-order valence-electron chi connectivity index (χ4n) is 3.36. The second-order valence-corrected chi connectivity index (χ2v) is 10.5. The molecule has 0 unspecified atom stereocenters. The van der Waals surface area contributed by atoms with E-state index in [1.807, 2.05) is 30.3 Å². The van der Waals surface area contributed by atoms with Gasteiger partial charge in [-0.3, -0.25) is 9.69 Å². The van der Waals surface area contributed by atoms with Gasteiger partial charge in [-0.05, 0) is 48.4 Å². The molecule has 0 atom stereocenters. The van der Waals surface area contributed by atoms with Crippen molar-refractivity contribution in [3.8, 4) is 0 Å². The van der Waals surface area contributed by atoms with Gasteiger partial charge in [-0.25, -0.2) is 22.2 Å². The number of halogens is 2. The van der Waals surface area contributed by atoms with E-state index >= 15 is 0 Å². The molecular formula is C24H20F2N2O3S2. The van der Waals surface area contributed by atoms with Crippen LogP contribution in [0.4, 0.5) is 13.9 Å². The summed E-state index contributed by atoms with van der Waals surface area (Å²) >= 11 is 1.20. The van der Waals surface area contributed by atoms with Crippen molar-refractivity contribution in [2.75, 3.05) is 10.7 Å². The molecule has 9 heteroatoms. The van der Waals surface area contributed by atoms with E-state index < -0.39 is 21.5 Å². The lowest BCUT2D eigenvalue weighted by Crippen LogP contribution is -2.30. The zero-order valence-electron chi connectivity index (χ0n) is 17.4. The molecule has 0 aliphatic rings. The number of rotatable bonds is 8. The second-order valence-electron chi connectivity index (χ2n) is 7.42. The summed E-state index contributed by atoms with van der Waals surface area (Å²) < 4.78 is 52.9. The molecule has 5 nitrogen and oxygen atoms in total. The fraction of sp³-hybridized carbons (Fsp3) is 0.167. The number of anilines is 1. The first kappa shape index (κ1) is 23.0. The van der Waals surface area contributed by atoms with E-state index in [2.05, 4.69) is 4.98 Å². The maximum atomic E-state index is 14.2. The minimum atomic E-state index is -3.65. The number of benzene rings is 3. The Morgan fingerprint density at radius 1 is 0.939 bits per heavy atom. The van der Waals surface area contributed by atoms with Gasteiger partial charge >= 0.3 is 0 Å². The zero-order valence-corrected chi connectivity index (χ0v) is 19.1. The third kappa shape index (κ3) is 5.43. The van der Waals surface area contributed by atoms with Gasteiger partial charge in [-0.1, -0.05) is 47.7 Å². The molecule has 3 aromatic carbocycles. The summed E-state index contributed by atoms with van der Waals surface area (Å²) in [6, 6.07) is 18.5. The van der Waals surface area contributed by atoms with Crippen molar-refractivity contribution in [1.82, 2.24) is 4.98 Å². The Morgan fingerprint density at radius 2 is 1.67 bits per heavy atom. The number of aromatic nitrogens is 1. The maximum Gasteiger partial charge on any atom is 0.229 e. The summed E-state index contributed by atoms with van der Waals surface area (Å²) in [5.41, 5.74) is 1.06. The maximum absolute atomic E-state index is 14.2. The average molecular weight is 487 g/mol. The third-order valence-corrected chi connectivity index (χ3v) is 7.91. The van der Waals surface area contributed by atoms with E-state index in [-0.39, 0.29) is 41.5 Å². The highest BCUT2D eigenvalue weighted by molar-refractivity contribution is 7.91. The van der Waals surface area contributed by atoms with Gasteiger partial charge in [-0.2, -0.15) is 0 Å². The largest absolute Gasteiger partial charge is 0.284 e. The van der Waals surface area contributed by atoms with E-state index in [1.54, 1.807) is 12.1 Å². The summed E-state index contributed by atoms with van der Waals surface area (Å²) in [7, 11) is -3.65. The molecule has 1 amide bonds. The lowest BCUT2D eigenvalue weighted by molar-refractivity contribution is -0.118. The van der Waals surface area contributed by atoms with Gasteiger partial charge in [0.05, 0.1) is 21.9 Å². The molecule has 4 rings (SSSR count). The highest BCUT2D eigenvalue weighted by Crippen LogP contribution is 2.31. The molecule has 0 aliphatic heterocycles. The fourth-order valence-corrected chi connectivity index (χ4v) is 5.66. The van der Waals surface area contributed by atoms with Crippen LogP contribution in [-0.2, 0) is 21.2 Å². The smallest absolute Gasteiger partial charge is 0.229 e. The number of fused-ring (bicyclic) bond motifs is 1. The Kier molecular flexibility index (Phi) is 6.80. The molecule has 0 saturated carbocycles. The molecule has 0 radical (unpaired) electrons. The number of nitrogens with zero attached hydrogens (tertiary/aromatic N) is 2. The molecule has 0 aliphatic carbocycles. The first-order chi connectivity index (χ1) is 15.8. The first-order valence-corrected chi connectivity index (χ1v) is 12.7. The lowest BCUT2D eigenvalue weighted by Gasteiger charge is -2.20. The van der Waals surface area contributed by atoms with Gasteiger partial charge in [0.1, 0.15) is 17.2 Å². The second kappa shape index (κ2) is 9.76. The normalized spacial score (nSPS) is 11.6. The Hall–Kier alpha value is -3.17. The topological polar surface area (TPSA) is 67.3 Å². The number of hydrogen-bond acceptors (Lipinski definition) is 5. The minimum absolute atomic E-state index is 0.0131. The van der Waals surface area contributed by atoms with Crippen LogP contribution in [0.15, 0.2) is 77.7 Å². The van der Waals surface area contributed by atoms with Gasteiger partial charge in [0.2, 0.25) is 5.91 Å². The number of hydrogen-bond donors (Lipinski definition) is 0. The monoisotopic (exact) mass is 486 g/mol. The number of sulfone groups is 1. The first-order valence-electron chi connectivity index (χ1n) is 10.2. The summed E-state index contributed by atoms with van der Waals surface area (Å²) in [6.07, 6.45) is 0.0504. The number of carbonyl (C=O) groups excluding carboxylic acids is 1. The number of thiazole rings is 1.